The van der Waals surface area contributed by atoms with E-state index in [4.69, 9.17) is 4.74 Å². The van der Waals surface area contributed by atoms with Gasteiger partial charge >= 0.3 is 16.3 Å². The van der Waals surface area contributed by atoms with E-state index in [9.17, 15) is 29.0 Å². The normalized spacial score (nSPS) is 13.3. The van der Waals surface area contributed by atoms with Crippen molar-refractivity contribution in [2.45, 2.75) is 4.90 Å². The van der Waals surface area contributed by atoms with Crippen LogP contribution in [0.3, 0.4) is 0 Å². The first-order valence-electron chi connectivity index (χ1n) is 9.22. The average molecular weight is 567 g/mol. The minimum Gasteiger partial charge on any atom is -0.457 e. The lowest BCUT2D eigenvalue weighted by atomic mass is 10.3. The van der Waals surface area contributed by atoms with Crippen molar-refractivity contribution in [2.24, 2.45) is 0 Å². The number of nitrogens with zero attached hydrogens (tertiary/aromatic N) is 1. The molecular formula is C20H16BrF5N4O3S. The molecule has 0 aliphatic rings. The second-order valence-electron chi connectivity index (χ2n) is 6.78. The molecule has 0 bridgehead atoms. The molecule has 3 aromatic rings. The lowest BCUT2D eigenvalue weighted by Crippen LogP contribution is -2.19. The molecule has 3 amide bonds. The monoisotopic (exact) mass is 566 g/mol. The molecule has 1 aromatic heterocycles. The third-order valence-corrected chi connectivity index (χ3v) is 6.27. The number of urea groups is 1. The smallest absolute Gasteiger partial charge is 0.323 e. The summed E-state index contributed by atoms with van der Waals surface area (Å²) in [7, 11) is -8.50. The van der Waals surface area contributed by atoms with Crippen LogP contribution in [0.15, 0.2) is 70.2 Å². The van der Waals surface area contributed by atoms with Crippen molar-refractivity contribution >= 4 is 49.5 Å². The fourth-order valence-electron chi connectivity index (χ4n) is 2.64. The number of hydrogen-bond donors (Lipinski definition) is 3. The maximum Gasteiger partial charge on any atom is 0.323 e. The van der Waals surface area contributed by atoms with Crippen LogP contribution in [0.1, 0.15) is 10.5 Å². The third kappa shape index (κ3) is 6.57. The first kappa shape index (κ1) is 25.2. The molecule has 3 rings (SSSR count). The van der Waals surface area contributed by atoms with Gasteiger partial charge in [-0.1, -0.05) is 19.4 Å². The highest BCUT2D eigenvalue weighted by molar-refractivity contribution is 9.10. The van der Waals surface area contributed by atoms with Gasteiger partial charge in [0.1, 0.15) is 22.1 Å². The van der Waals surface area contributed by atoms with Crippen LogP contribution >= 0.6 is 26.2 Å². The molecule has 0 aliphatic carbocycles. The number of hydrogen-bond acceptors (Lipinski definition) is 4. The van der Waals surface area contributed by atoms with Crippen molar-refractivity contribution in [1.29, 1.82) is 0 Å². The molecule has 0 fully saturated rings. The number of amides is 3. The van der Waals surface area contributed by atoms with Gasteiger partial charge in [-0.3, -0.25) is 9.78 Å². The number of aromatic nitrogens is 1. The Bertz CT molecular complexity index is 1260. The van der Waals surface area contributed by atoms with Crippen molar-refractivity contribution < 1.29 is 33.8 Å². The lowest BCUT2D eigenvalue weighted by Gasteiger charge is -2.41. The fourth-order valence-corrected chi connectivity index (χ4v) is 4.59. The largest absolute Gasteiger partial charge is 0.457 e. The highest BCUT2D eigenvalue weighted by Gasteiger charge is 2.66. The summed E-state index contributed by atoms with van der Waals surface area (Å²) in [5.41, 5.74) is -0.0830. The summed E-state index contributed by atoms with van der Waals surface area (Å²) in [5, 5.41) is 6.88. The van der Waals surface area contributed by atoms with Crippen LogP contribution in [0.25, 0.3) is 0 Å². The second-order valence-corrected chi connectivity index (χ2v) is 10.0. The summed E-state index contributed by atoms with van der Waals surface area (Å²) >= 11 is 2.47. The van der Waals surface area contributed by atoms with Gasteiger partial charge in [-0.2, -0.15) is 0 Å². The zero-order valence-electron chi connectivity index (χ0n) is 17.1. The molecule has 2 aromatic carbocycles. The summed E-state index contributed by atoms with van der Waals surface area (Å²) in [6, 6.07) is 9.83. The number of pyridine rings is 1. The molecule has 0 saturated heterocycles. The number of carbonyl (C=O) groups is 2. The molecular weight excluding hydrogens is 551 g/mol. The third-order valence-electron chi connectivity index (χ3n) is 4.14. The molecule has 14 heteroatoms. The van der Waals surface area contributed by atoms with Crippen LogP contribution < -0.4 is 20.7 Å². The molecule has 34 heavy (non-hydrogen) atoms. The predicted molar refractivity (Wildman–Crippen MR) is 122 cm³/mol. The van der Waals surface area contributed by atoms with Gasteiger partial charge in [0.05, 0.1) is 0 Å². The fraction of sp³-hybridized carbons (Fsp3) is 0.0500. The van der Waals surface area contributed by atoms with E-state index in [0.29, 0.717) is 11.5 Å². The minimum atomic E-state index is -9.96. The number of halogens is 6. The number of carbonyl (C=O) groups excluding carboxylic acids is 2. The highest BCUT2D eigenvalue weighted by atomic mass is 79.9. The Hall–Kier alpha value is -3.39. The van der Waals surface area contributed by atoms with E-state index >= 15 is 0 Å². The molecule has 0 saturated carbocycles. The van der Waals surface area contributed by atoms with E-state index in [2.05, 4.69) is 36.9 Å². The molecule has 0 spiro atoms. The van der Waals surface area contributed by atoms with Gasteiger partial charge in [0.15, 0.2) is 0 Å². The van der Waals surface area contributed by atoms with E-state index in [-0.39, 0.29) is 17.4 Å². The molecule has 182 valence electrons. The van der Waals surface area contributed by atoms with Crippen LogP contribution in [-0.4, -0.2) is 24.0 Å². The van der Waals surface area contributed by atoms with Gasteiger partial charge in [-0.25, -0.2) is 4.79 Å². The van der Waals surface area contributed by atoms with E-state index < -0.39 is 37.2 Å². The second kappa shape index (κ2) is 8.43. The summed E-state index contributed by atoms with van der Waals surface area (Å²) < 4.78 is 70.5. The van der Waals surface area contributed by atoms with Gasteiger partial charge in [0, 0.05) is 35.2 Å². The number of benzene rings is 2. The molecule has 0 aliphatic heterocycles. The molecule has 3 N–H and O–H groups in total. The molecule has 0 atom stereocenters. The average Bonchev–Trinajstić information content (AvgIpc) is 2.74. The van der Waals surface area contributed by atoms with Crippen molar-refractivity contribution in [3.63, 3.8) is 0 Å². The Balaban J connectivity index is 1.67. The molecule has 7 nitrogen and oxygen atoms in total. The Kier molecular flexibility index (Phi) is 6.26. The van der Waals surface area contributed by atoms with Crippen LogP contribution in [-0.2, 0) is 0 Å². The maximum absolute atomic E-state index is 13.2. The zero-order chi connectivity index (χ0) is 25.2. The van der Waals surface area contributed by atoms with Crippen LogP contribution in [0, 0.1) is 0 Å². The Morgan fingerprint density at radius 1 is 0.882 bits per heavy atom. The van der Waals surface area contributed by atoms with E-state index in [1.54, 1.807) is 0 Å². The Labute approximate surface area is 198 Å². The summed E-state index contributed by atoms with van der Waals surface area (Å²) in [4.78, 5) is 25.5. The maximum atomic E-state index is 13.2. The van der Waals surface area contributed by atoms with Crippen LogP contribution in [0.5, 0.6) is 11.5 Å². The summed E-state index contributed by atoms with van der Waals surface area (Å²) in [6.45, 7) is 0. The first-order chi connectivity index (χ1) is 15.6. The quantitative estimate of drug-likeness (QED) is 0.273. The van der Waals surface area contributed by atoms with Gasteiger partial charge in [-0.05, 0) is 64.5 Å². The zero-order valence-corrected chi connectivity index (χ0v) is 19.5. The minimum absolute atomic E-state index is 0.149. The van der Waals surface area contributed by atoms with Crippen LogP contribution in [0.4, 0.5) is 35.6 Å². The van der Waals surface area contributed by atoms with Crippen molar-refractivity contribution in [1.82, 2.24) is 10.3 Å². The summed E-state index contributed by atoms with van der Waals surface area (Å²) in [6.07, 6.45) is 1.39. The summed E-state index contributed by atoms with van der Waals surface area (Å²) in [5.74, 6) is 0.296. The standard InChI is InChI=1S/C20H16BrF5N4O3S/c1-27-19(31)17-11-15(8-9-28-17)33-14-5-2-12(3-6-14)29-20(32)30-13-4-7-16(21)18(10-13)34(22,23,24,25)26/h2-11H,1H3,(H,27,31)(H2,29,30,32). The number of nitrogens with one attached hydrogen (secondary N) is 3. The highest BCUT2D eigenvalue weighted by Crippen LogP contribution is 3.02. The van der Waals surface area contributed by atoms with Crippen molar-refractivity contribution in [2.75, 3.05) is 17.7 Å². The molecule has 0 radical (unpaired) electrons. The first-order valence-corrected chi connectivity index (χ1v) is 12.0. The molecule has 1 heterocycles. The van der Waals surface area contributed by atoms with Gasteiger partial charge in [0.25, 0.3) is 5.91 Å². The van der Waals surface area contributed by atoms with E-state index in [0.717, 1.165) is 12.1 Å². The van der Waals surface area contributed by atoms with Gasteiger partial charge < -0.3 is 20.7 Å². The Morgan fingerprint density at radius 3 is 2.12 bits per heavy atom. The number of ether oxygens (including phenoxy) is 1. The van der Waals surface area contributed by atoms with Gasteiger partial charge in [0.2, 0.25) is 0 Å². The topological polar surface area (TPSA) is 92.4 Å². The lowest BCUT2D eigenvalue weighted by molar-refractivity contribution is 0.0957. The van der Waals surface area contributed by atoms with E-state index in [1.807, 2.05) is 0 Å². The predicted octanol–water partition coefficient (Wildman–Crippen LogP) is 7.30. The van der Waals surface area contributed by atoms with Crippen molar-refractivity contribution in [3.05, 3.63) is 71.0 Å². The number of anilines is 2. The molecule has 0 unspecified atom stereocenters. The van der Waals surface area contributed by atoms with Crippen molar-refractivity contribution in [3.8, 4) is 11.5 Å². The SMILES string of the molecule is CNC(=O)c1cc(Oc2ccc(NC(=O)Nc3ccc(Br)c(S(F)(F)(F)(F)F)c3)cc2)ccn1. The number of rotatable bonds is 6. The van der Waals surface area contributed by atoms with E-state index in [1.165, 1.54) is 49.6 Å². The Morgan fingerprint density at radius 2 is 1.50 bits per heavy atom. The van der Waals surface area contributed by atoms with Crippen LogP contribution in [0.2, 0.25) is 0 Å². The van der Waals surface area contributed by atoms with Gasteiger partial charge in [-0.15, -0.1) is 0 Å².